The highest BCUT2D eigenvalue weighted by molar-refractivity contribution is 4.78. The van der Waals surface area contributed by atoms with Crippen molar-refractivity contribution in [1.82, 2.24) is 4.90 Å². The van der Waals surface area contributed by atoms with Gasteiger partial charge in [0.15, 0.2) is 0 Å². The molecule has 1 rings (SSSR count). The Bertz CT molecular complexity index is 215. The van der Waals surface area contributed by atoms with E-state index in [9.17, 15) is 0 Å². The molecule has 0 aromatic heterocycles. The summed E-state index contributed by atoms with van der Waals surface area (Å²) in [5, 5.41) is 3.53. The maximum absolute atomic E-state index is 8.15. The Balaban J connectivity index is 2.30. The predicted octanol–water partition coefficient (Wildman–Crippen LogP) is 1.65. The van der Waals surface area contributed by atoms with E-state index < -0.39 is 0 Å². The van der Waals surface area contributed by atoms with Crippen LogP contribution in [0.4, 0.5) is 0 Å². The van der Waals surface area contributed by atoms with Gasteiger partial charge in [0.05, 0.1) is 6.10 Å². The van der Waals surface area contributed by atoms with E-state index in [4.69, 9.17) is 10.3 Å². The van der Waals surface area contributed by atoms with Crippen LogP contribution in [0.2, 0.25) is 0 Å². The van der Waals surface area contributed by atoms with Gasteiger partial charge in [0, 0.05) is 31.7 Å². The summed E-state index contributed by atoms with van der Waals surface area (Å²) in [6, 6.07) is 0. The molecule has 0 bridgehead atoms. The summed E-state index contributed by atoms with van der Waals surface area (Å²) in [5.41, 5.74) is 8.15. The number of ether oxygens (including phenoxy) is 1. The molecule has 0 aliphatic carbocycles. The summed E-state index contributed by atoms with van der Waals surface area (Å²) < 4.78 is 5.39. The van der Waals surface area contributed by atoms with Crippen molar-refractivity contribution in [3.63, 3.8) is 0 Å². The molecule has 0 N–H and O–H groups in total. The zero-order chi connectivity index (χ0) is 10.4. The van der Waals surface area contributed by atoms with Gasteiger partial charge in [-0.2, -0.15) is 0 Å². The largest absolute Gasteiger partial charge is 0.380 e. The Morgan fingerprint density at radius 3 is 3.07 bits per heavy atom. The molecule has 0 amide bonds. The zero-order valence-corrected chi connectivity index (χ0v) is 8.89. The third-order valence-corrected chi connectivity index (χ3v) is 2.86. The fourth-order valence-electron chi connectivity index (χ4n) is 1.84. The molecule has 80 valence electrons. The summed E-state index contributed by atoms with van der Waals surface area (Å²) in [7, 11) is 1.76. The lowest BCUT2D eigenvalue weighted by Crippen LogP contribution is -2.44. The van der Waals surface area contributed by atoms with Crippen molar-refractivity contribution in [2.24, 2.45) is 11.0 Å². The molecule has 0 aromatic carbocycles. The number of rotatable bonds is 4. The van der Waals surface area contributed by atoms with E-state index in [0.717, 1.165) is 26.1 Å². The first kappa shape index (κ1) is 11.3. The predicted molar refractivity (Wildman–Crippen MR) is 55.0 cm³/mol. The smallest absolute Gasteiger partial charge is 0.0724 e. The minimum atomic E-state index is 0.329. The van der Waals surface area contributed by atoms with Gasteiger partial charge in [0.2, 0.25) is 0 Å². The van der Waals surface area contributed by atoms with Gasteiger partial charge in [0.25, 0.3) is 0 Å². The lowest BCUT2D eigenvalue weighted by molar-refractivity contribution is -0.00383. The van der Waals surface area contributed by atoms with Crippen LogP contribution in [-0.2, 0) is 4.74 Å². The van der Waals surface area contributed by atoms with Crippen LogP contribution in [0.25, 0.3) is 10.4 Å². The van der Waals surface area contributed by atoms with Gasteiger partial charge in [-0.15, -0.1) is 0 Å². The van der Waals surface area contributed by atoms with Crippen LogP contribution in [0.3, 0.4) is 0 Å². The van der Waals surface area contributed by atoms with Crippen molar-refractivity contribution in [2.45, 2.75) is 19.4 Å². The highest BCUT2D eigenvalue weighted by Gasteiger charge is 2.25. The molecule has 1 heterocycles. The van der Waals surface area contributed by atoms with E-state index in [-0.39, 0.29) is 0 Å². The maximum atomic E-state index is 8.15. The van der Waals surface area contributed by atoms with Crippen LogP contribution >= 0.6 is 0 Å². The normalized spacial score (nSPS) is 28.4. The van der Waals surface area contributed by atoms with Crippen LogP contribution in [0.5, 0.6) is 0 Å². The highest BCUT2D eigenvalue weighted by atomic mass is 16.5. The lowest BCUT2D eigenvalue weighted by Gasteiger charge is -2.35. The Morgan fingerprint density at radius 2 is 2.43 bits per heavy atom. The molecule has 0 saturated carbocycles. The van der Waals surface area contributed by atoms with Gasteiger partial charge in [-0.05, 0) is 24.4 Å². The SMILES string of the molecule is COC1CN(CCN=[N+]=[N-])CCC1C. The monoisotopic (exact) mass is 198 g/mol. The number of azide groups is 1. The average Bonchev–Trinajstić information content (AvgIpc) is 2.21. The second-order valence-corrected chi connectivity index (χ2v) is 3.80. The quantitative estimate of drug-likeness (QED) is 0.392. The fourth-order valence-corrected chi connectivity index (χ4v) is 1.84. The van der Waals surface area contributed by atoms with E-state index in [2.05, 4.69) is 21.8 Å². The molecule has 14 heavy (non-hydrogen) atoms. The number of methoxy groups -OCH3 is 1. The Labute approximate surface area is 84.7 Å². The van der Waals surface area contributed by atoms with Gasteiger partial charge in [-0.25, -0.2) is 0 Å². The molecule has 1 saturated heterocycles. The standard InChI is InChI=1S/C9H18N4O/c1-8-3-5-13(6-4-11-12-10)7-9(8)14-2/h8-9H,3-7H2,1-2H3. The summed E-state index contributed by atoms with van der Waals surface area (Å²) in [6.45, 7) is 5.66. The van der Waals surface area contributed by atoms with E-state index in [1.807, 2.05) is 0 Å². The molecule has 0 aromatic rings. The van der Waals surface area contributed by atoms with Crippen molar-refractivity contribution in [1.29, 1.82) is 0 Å². The van der Waals surface area contributed by atoms with Gasteiger partial charge >= 0.3 is 0 Å². The molecule has 1 fully saturated rings. The number of likely N-dealkylation sites (tertiary alicyclic amines) is 1. The van der Waals surface area contributed by atoms with Gasteiger partial charge < -0.3 is 9.64 Å². The van der Waals surface area contributed by atoms with Crippen molar-refractivity contribution in [3.8, 4) is 0 Å². The van der Waals surface area contributed by atoms with Gasteiger partial charge in [-0.1, -0.05) is 12.0 Å². The van der Waals surface area contributed by atoms with Crippen LogP contribution < -0.4 is 0 Å². The summed E-state index contributed by atoms with van der Waals surface area (Å²) in [6.07, 6.45) is 1.49. The average molecular weight is 198 g/mol. The number of hydrogen-bond donors (Lipinski definition) is 0. The first-order valence-electron chi connectivity index (χ1n) is 5.04. The van der Waals surface area contributed by atoms with Crippen molar-refractivity contribution in [3.05, 3.63) is 10.4 Å². The maximum Gasteiger partial charge on any atom is 0.0724 e. The molecule has 2 unspecified atom stereocenters. The molecule has 0 radical (unpaired) electrons. The number of hydrogen-bond acceptors (Lipinski definition) is 3. The third-order valence-electron chi connectivity index (χ3n) is 2.86. The van der Waals surface area contributed by atoms with E-state index >= 15 is 0 Å². The third kappa shape index (κ3) is 3.18. The van der Waals surface area contributed by atoms with Crippen LogP contribution in [0.15, 0.2) is 5.11 Å². The number of piperidine rings is 1. The second kappa shape index (κ2) is 5.86. The minimum absolute atomic E-state index is 0.329. The molecule has 5 nitrogen and oxygen atoms in total. The summed E-state index contributed by atoms with van der Waals surface area (Å²) >= 11 is 0. The first-order valence-corrected chi connectivity index (χ1v) is 5.04. The fraction of sp³-hybridized carbons (Fsp3) is 1.00. The molecule has 5 heteroatoms. The molecular formula is C9H18N4O. The van der Waals surface area contributed by atoms with Crippen LogP contribution in [0, 0.1) is 5.92 Å². The molecule has 1 aliphatic heterocycles. The zero-order valence-electron chi connectivity index (χ0n) is 8.89. The Morgan fingerprint density at radius 1 is 1.64 bits per heavy atom. The van der Waals surface area contributed by atoms with Gasteiger partial charge in [-0.3, -0.25) is 0 Å². The van der Waals surface area contributed by atoms with E-state index in [0.29, 0.717) is 18.6 Å². The first-order chi connectivity index (χ1) is 6.77. The molecular weight excluding hydrogens is 180 g/mol. The molecule has 2 atom stereocenters. The molecule has 0 spiro atoms. The second-order valence-electron chi connectivity index (χ2n) is 3.80. The number of nitrogens with zero attached hydrogens (tertiary/aromatic N) is 4. The summed E-state index contributed by atoms with van der Waals surface area (Å²) in [4.78, 5) is 5.04. The summed E-state index contributed by atoms with van der Waals surface area (Å²) in [5.74, 6) is 0.635. The minimum Gasteiger partial charge on any atom is -0.380 e. The van der Waals surface area contributed by atoms with Crippen molar-refractivity contribution in [2.75, 3.05) is 33.3 Å². The molecule has 1 aliphatic rings. The Kier molecular flexibility index (Phi) is 4.73. The topological polar surface area (TPSA) is 61.2 Å². The van der Waals surface area contributed by atoms with Gasteiger partial charge in [0.1, 0.15) is 0 Å². The van der Waals surface area contributed by atoms with Crippen molar-refractivity contribution >= 4 is 0 Å². The van der Waals surface area contributed by atoms with Crippen LogP contribution in [0.1, 0.15) is 13.3 Å². The van der Waals surface area contributed by atoms with E-state index in [1.54, 1.807) is 7.11 Å². The van der Waals surface area contributed by atoms with E-state index in [1.165, 1.54) is 0 Å². The lowest BCUT2D eigenvalue weighted by atomic mass is 9.96. The Hall–Kier alpha value is -0.770. The highest BCUT2D eigenvalue weighted by Crippen LogP contribution is 2.18. The van der Waals surface area contributed by atoms with Crippen LogP contribution in [-0.4, -0.2) is 44.3 Å². The van der Waals surface area contributed by atoms with Crippen molar-refractivity contribution < 1.29 is 4.74 Å².